The predicted molar refractivity (Wildman–Crippen MR) is 132 cm³/mol. The number of rotatable bonds is 6. The van der Waals surface area contributed by atoms with Gasteiger partial charge in [0.15, 0.2) is 0 Å². The topological polar surface area (TPSA) is 96.5 Å². The van der Waals surface area contributed by atoms with E-state index >= 15 is 0 Å². The number of nitrogens with one attached hydrogen (secondary N) is 2. The van der Waals surface area contributed by atoms with Crippen LogP contribution in [0.3, 0.4) is 0 Å². The molecule has 2 aromatic carbocycles. The van der Waals surface area contributed by atoms with E-state index in [1.807, 2.05) is 42.6 Å². The molecule has 2 amide bonds. The molecule has 4 aromatic rings. The molecule has 0 aliphatic rings. The second-order valence-corrected chi connectivity index (χ2v) is 7.83. The van der Waals surface area contributed by atoms with E-state index in [2.05, 4.69) is 15.3 Å². The highest BCUT2D eigenvalue weighted by Gasteiger charge is 2.18. The number of aromatic amines is 1. The Morgan fingerprint density at radius 2 is 1.85 bits per heavy atom. The zero-order valence-corrected chi connectivity index (χ0v) is 19.5. The summed E-state index contributed by atoms with van der Waals surface area (Å²) in [5.74, 6) is 0.529. The first kappa shape index (κ1) is 22.8. The highest BCUT2D eigenvalue weighted by Crippen LogP contribution is 2.36. The zero-order valence-electron chi connectivity index (χ0n) is 19.5. The molecule has 174 valence electrons. The first-order chi connectivity index (χ1) is 16.4. The van der Waals surface area contributed by atoms with Gasteiger partial charge >= 0.3 is 6.09 Å². The van der Waals surface area contributed by atoms with Crippen LogP contribution in [-0.4, -0.2) is 54.7 Å². The van der Waals surface area contributed by atoms with Gasteiger partial charge in [0, 0.05) is 48.6 Å². The molecule has 4 rings (SSSR count). The number of anilines is 1. The van der Waals surface area contributed by atoms with E-state index < -0.39 is 6.09 Å². The van der Waals surface area contributed by atoms with Crippen molar-refractivity contribution >= 4 is 28.7 Å². The maximum atomic E-state index is 12.9. The van der Waals surface area contributed by atoms with Crippen LogP contribution in [0.4, 0.5) is 10.5 Å². The molecule has 0 unspecified atom stereocenters. The lowest BCUT2D eigenvalue weighted by atomic mass is 9.99. The van der Waals surface area contributed by atoms with Crippen LogP contribution in [0.5, 0.6) is 5.75 Å². The van der Waals surface area contributed by atoms with Crippen LogP contribution in [0.15, 0.2) is 60.9 Å². The lowest BCUT2D eigenvalue weighted by Gasteiger charge is -2.16. The van der Waals surface area contributed by atoms with Crippen molar-refractivity contribution in [2.45, 2.75) is 6.92 Å². The van der Waals surface area contributed by atoms with E-state index in [0.29, 0.717) is 11.3 Å². The molecule has 0 aliphatic carbocycles. The van der Waals surface area contributed by atoms with Crippen LogP contribution >= 0.6 is 0 Å². The summed E-state index contributed by atoms with van der Waals surface area (Å²) in [6.45, 7) is 1.95. The van der Waals surface area contributed by atoms with Gasteiger partial charge in [0.2, 0.25) is 0 Å². The standard InChI is InChI=1S/C26H26N4O4/c1-5-34-26(32)29-22-11-10-16(12-20(22)25(31)30(2)3)17-13-19-21(15-28-24(19)27-14-17)18-8-6-7-9-23(18)33-4/h6-15H,5H2,1-4H3,(H,27,28)(H,29,32). The van der Waals surface area contributed by atoms with Crippen molar-refractivity contribution in [1.29, 1.82) is 0 Å². The molecule has 0 saturated carbocycles. The van der Waals surface area contributed by atoms with Gasteiger partial charge in [0.05, 0.1) is 25.0 Å². The quantitative estimate of drug-likeness (QED) is 0.415. The summed E-state index contributed by atoms with van der Waals surface area (Å²) in [7, 11) is 4.97. The number of nitrogens with zero attached hydrogens (tertiary/aromatic N) is 2. The van der Waals surface area contributed by atoms with E-state index in [1.54, 1.807) is 46.5 Å². The zero-order chi connectivity index (χ0) is 24.2. The average Bonchev–Trinajstić information content (AvgIpc) is 3.27. The fraction of sp³-hybridized carbons (Fsp3) is 0.192. The molecule has 0 saturated heterocycles. The van der Waals surface area contributed by atoms with Gasteiger partial charge in [-0.15, -0.1) is 0 Å². The first-order valence-electron chi connectivity index (χ1n) is 10.8. The maximum absolute atomic E-state index is 12.9. The molecule has 0 radical (unpaired) electrons. The minimum absolute atomic E-state index is 0.234. The van der Waals surface area contributed by atoms with Gasteiger partial charge in [-0.1, -0.05) is 24.3 Å². The number of amides is 2. The van der Waals surface area contributed by atoms with Gasteiger partial charge in [-0.2, -0.15) is 0 Å². The second kappa shape index (κ2) is 9.66. The van der Waals surface area contributed by atoms with Crippen molar-refractivity contribution in [3.63, 3.8) is 0 Å². The Balaban J connectivity index is 1.80. The Morgan fingerprint density at radius 1 is 1.06 bits per heavy atom. The minimum Gasteiger partial charge on any atom is -0.496 e. The summed E-state index contributed by atoms with van der Waals surface area (Å²) in [4.78, 5) is 34.1. The van der Waals surface area contributed by atoms with Crippen molar-refractivity contribution in [2.24, 2.45) is 0 Å². The van der Waals surface area contributed by atoms with Crippen LogP contribution in [0.2, 0.25) is 0 Å². The Morgan fingerprint density at radius 3 is 2.59 bits per heavy atom. The lowest BCUT2D eigenvalue weighted by molar-refractivity contribution is 0.0828. The van der Waals surface area contributed by atoms with E-state index in [4.69, 9.17) is 9.47 Å². The number of pyridine rings is 1. The number of benzene rings is 2. The van der Waals surface area contributed by atoms with Crippen molar-refractivity contribution in [1.82, 2.24) is 14.9 Å². The molecule has 0 spiro atoms. The molecule has 34 heavy (non-hydrogen) atoms. The van der Waals surface area contributed by atoms with Crippen LogP contribution in [-0.2, 0) is 4.74 Å². The number of ether oxygens (including phenoxy) is 2. The maximum Gasteiger partial charge on any atom is 0.411 e. The fourth-order valence-corrected chi connectivity index (χ4v) is 3.78. The number of fused-ring (bicyclic) bond motifs is 1. The third-order valence-corrected chi connectivity index (χ3v) is 5.43. The molecule has 0 aliphatic heterocycles. The molecule has 2 heterocycles. The predicted octanol–water partition coefficient (Wildman–Crippen LogP) is 5.18. The second-order valence-electron chi connectivity index (χ2n) is 7.83. The molecule has 8 heteroatoms. The number of hydrogen-bond donors (Lipinski definition) is 2. The molecular formula is C26H26N4O4. The summed E-state index contributed by atoms with van der Waals surface area (Å²) < 4.78 is 10.5. The van der Waals surface area contributed by atoms with Gasteiger partial charge in [-0.05, 0) is 36.8 Å². The van der Waals surface area contributed by atoms with E-state index in [0.717, 1.165) is 39.0 Å². The van der Waals surface area contributed by atoms with Crippen molar-refractivity contribution in [3.8, 4) is 28.0 Å². The van der Waals surface area contributed by atoms with Gasteiger partial charge in [0.25, 0.3) is 5.91 Å². The van der Waals surface area contributed by atoms with Crippen LogP contribution < -0.4 is 10.1 Å². The number of H-pyrrole nitrogens is 1. The summed E-state index contributed by atoms with van der Waals surface area (Å²) in [6, 6.07) is 15.1. The van der Waals surface area contributed by atoms with Gasteiger partial charge in [0.1, 0.15) is 11.4 Å². The third kappa shape index (κ3) is 4.43. The summed E-state index contributed by atoms with van der Waals surface area (Å²) >= 11 is 0. The number of aromatic nitrogens is 2. The third-order valence-electron chi connectivity index (χ3n) is 5.43. The van der Waals surface area contributed by atoms with E-state index in [1.165, 1.54) is 4.90 Å². The molecule has 0 fully saturated rings. The number of hydrogen-bond acceptors (Lipinski definition) is 5. The Hall–Kier alpha value is -4.33. The number of para-hydroxylation sites is 1. The molecule has 0 atom stereocenters. The molecule has 8 nitrogen and oxygen atoms in total. The van der Waals surface area contributed by atoms with Gasteiger partial charge in [-0.25, -0.2) is 9.78 Å². The Bertz CT molecular complexity index is 1360. The lowest BCUT2D eigenvalue weighted by Crippen LogP contribution is -2.24. The monoisotopic (exact) mass is 458 g/mol. The minimum atomic E-state index is -0.611. The van der Waals surface area contributed by atoms with Crippen LogP contribution in [0.1, 0.15) is 17.3 Å². The number of carbonyl (C=O) groups excluding carboxylic acids is 2. The summed E-state index contributed by atoms with van der Waals surface area (Å²) in [5, 5.41) is 3.58. The summed E-state index contributed by atoms with van der Waals surface area (Å²) in [6.07, 6.45) is 3.05. The van der Waals surface area contributed by atoms with Crippen molar-refractivity contribution < 1.29 is 19.1 Å². The molecule has 2 N–H and O–H groups in total. The van der Waals surface area contributed by atoms with E-state index in [-0.39, 0.29) is 12.5 Å². The van der Waals surface area contributed by atoms with Gasteiger partial charge in [-0.3, -0.25) is 10.1 Å². The number of methoxy groups -OCH3 is 1. The molecular weight excluding hydrogens is 432 g/mol. The van der Waals surface area contributed by atoms with E-state index in [9.17, 15) is 9.59 Å². The van der Waals surface area contributed by atoms with Crippen molar-refractivity contribution in [2.75, 3.05) is 33.1 Å². The average molecular weight is 459 g/mol. The Labute approximate surface area is 197 Å². The van der Waals surface area contributed by atoms with Crippen LogP contribution in [0, 0.1) is 0 Å². The smallest absolute Gasteiger partial charge is 0.411 e. The highest BCUT2D eigenvalue weighted by molar-refractivity contribution is 6.04. The Kier molecular flexibility index (Phi) is 6.49. The van der Waals surface area contributed by atoms with Crippen LogP contribution in [0.25, 0.3) is 33.3 Å². The van der Waals surface area contributed by atoms with Crippen molar-refractivity contribution in [3.05, 3.63) is 66.5 Å². The summed E-state index contributed by atoms with van der Waals surface area (Å²) in [5.41, 5.74) is 5.02. The highest BCUT2D eigenvalue weighted by atomic mass is 16.5. The normalized spacial score (nSPS) is 10.7. The molecule has 2 aromatic heterocycles. The SMILES string of the molecule is CCOC(=O)Nc1ccc(-c2cnc3[nH]cc(-c4ccccc4OC)c3c2)cc1C(=O)N(C)C. The molecule has 0 bridgehead atoms. The first-order valence-corrected chi connectivity index (χ1v) is 10.8. The fourth-order valence-electron chi connectivity index (χ4n) is 3.78. The van der Waals surface area contributed by atoms with Gasteiger partial charge < -0.3 is 19.4 Å². The largest absolute Gasteiger partial charge is 0.496 e. The number of carbonyl (C=O) groups is 2.